The maximum Gasteiger partial charge on any atom is 0.323 e. The van der Waals surface area contributed by atoms with Crippen LogP contribution in [0.5, 0.6) is 0 Å². The van der Waals surface area contributed by atoms with Crippen LogP contribution in [0.15, 0.2) is 0 Å². The van der Waals surface area contributed by atoms with E-state index in [0.717, 1.165) is 25.6 Å². The maximum absolute atomic E-state index is 11.1. The second-order valence-electron chi connectivity index (χ2n) is 4.97. The molecule has 4 heteroatoms. The fourth-order valence-electron chi connectivity index (χ4n) is 1.76. The number of hydrogen-bond acceptors (Lipinski definition) is 3. The third-order valence-corrected chi connectivity index (χ3v) is 3.61. The van der Waals surface area contributed by atoms with Crippen molar-refractivity contribution in [1.29, 1.82) is 0 Å². The molecule has 0 radical (unpaired) electrons. The molecule has 0 bridgehead atoms. The smallest absolute Gasteiger partial charge is 0.323 e. The van der Waals surface area contributed by atoms with Crippen molar-refractivity contribution in [2.75, 3.05) is 26.7 Å². The van der Waals surface area contributed by atoms with E-state index in [9.17, 15) is 4.79 Å². The summed E-state index contributed by atoms with van der Waals surface area (Å²) in [6, 6.07) is 0. The molecule has 1 aliphatic rings. The average molecular weight is 228 g/mol. The van der Waals surface area contributed by atoms with Crippen molar-refractivity contribution in [1.82, 2.24) is 10.2 Å². The minimum Gasteiger partial charge on any atom is -0.480 e. The highest BCUT2D eigenvalue weighted by molar-refractivity contribution is 5.78. The van der Waals surface area contributed by atoms with Crippen molar-refractivity contribution in [2.45, 2.75) is 38.6 Å². The normalized spacial score (nSPS) is 19.8. The Labute approximate surface area is 98.0 Å². The maximum atomic E-state index is 11.1. The summed E-state index contributed by atoms with van der Waals surface area (Å²) >= 11 is 0. The van der Waals surface area contributed by atoms with E-state index >= 15 is 0 Å². The first-order chi connectivity index (χ1) is 7.51. The van der Waals surface area contributed by atoms with Crippen LogP contribution >= 0.6 is 0 Å². The van der Waals surface area contributed by atoms with Crippen molar-refractivity contribution in [3.05, 3.63) is 0 Å². The van der Waals surface area contributed by atoms with Gasteiger partial charge in [0, 0.05) is 13.1 Å². The Kier molecular flexibility index (Phi) is 4.74. The van der Waals surface area contributed by atoms with E-state index in [-0.39, 0.29) is 0 Å². The standard InChI is InChI=1S/C12H24N2O2/c1-4-14(9-10-5-6-10)8-7-12(2,13-3)11(15)16/h10,13H,4-9H2,1-3H3,(H,15,16). The third-order valence-electron chi connectivity index (χ3n) is 3.61. The number of carboxylic acids is 1. The van der Waals surface area contributed by atoms with Crippen LogP contribution in [0.1, 0.15) is 33.1 Å². The fraction of sp³-hybridized carbons (Fsp3) is 0.917. The molecular weight excluding hydrogens is 204 g/mol. The number of hydrogen-bond donors (Lipinski definition) is 2. The van der Waals surface area contributed by atoms with Gasteiger partial charge >= 0.3 is 5.97 Å². The molecule has 0 amide bonds. The van der Waals surface area contributed by atoms with Crippen LogP contribution in [-0.4, -0.2) is 48.2 Å². The summed E-state index contributed by atoms with van der Waals surface area (Å²) in [7, 11) is 1.71. The third kappa shape index (κ3) is 3.76. The number of carbonyl (C=O) groups is 1. The van der Waals surface area contributed by atoms with Crippen molar-refractivity contribution in [3.63, 3.8) is 0 Å². The molecule has 0 saturated heterocycles. The predicted octanol–water partition coefficient (Wildman–Crippen LogP) is 1.17. The summed E-state index contributed by atoms with van der Waals surface area (Å²) in [5.41, 5.74) is -0.795. The van der Waals surface area contributed by atoms with Crippen LogP contribution in [-0.2, 0) is 4.79 Å². The van der Waals surface area contributed by atoms with Crippen molar-refractivity contribution >= 4 is 5.97 Å². The summed E-state index contributed by atoms with van der Waals surface area (Å²) < 4.78 is 0. The lowest BCUT2D eigenvalue weighted by Crippen LogP contribution is -2.49. The monoisotopic (exact) mass is 228 g/mol. The van der Waals surface area contributed by atoms with Crippen molar-refractivity contribution in [3.8, 4) is 0 Å². The molecule has 0 heterocycles. The summed E-state index contributed by atoms with van der Waals surface area (Å²) in [5, 5.41) is 12.0. The molecule has 1 saturated carbocycles. The zero-order valence-electron chi connectivity index (χ0n) is 10.6. The van der Waals surface area contributed by atoms with Crippen LogP contribution in [0.4, 0.5) is 0 Å². The van der Waals surface area contributed by atoms with Gasteiger partial charge in [0.15, 0.2) is 0 Å². The van der Waals surface area contributed by atoms with Crippen LogP contribution in [0.3, 0.4) is 0 Å². The molecule has 4 nitrogen and oxygen atoms in total. The lowest BCUT2D eigenvalue weighted by molar-refractivity contribution is -0.144. The largest absolute Gasteiger partial charge is 0.480 e. The summed E-state index contributed by atoms with van der Waals surface area (Å²) in [6.45, 7) is 6.89. The molecule has 16 heavy (non-hydrogen) atoms. The van der Waals surface area contributed by atoms with E-state index in [1.807, 2.05) is 0 Å². The molecule has 0 aliphatic heterocycles. The molecule has 1 rings (SSSR count). The highest BCUT2D eigenvalue weighted by Crippen LogP contribution is 2.29. The Morgan fingerprint density at radius 3 is 2.56 bits per heavy atom. The summed E-state index contributed by atoms with van der Waals surface area (Å²) in [4.78, 5) is 13.5. The Balaban J connectivity index is 2.36. The van der Waals surface area contributed by atoms with Gasteiger partial charge < -0.3 is 15.3 Å². The molecule has 0 spiro atoms. The number of aliphatic carboxylic acids is 1. The highest BCUT2D eigenvalue weighted by Gasteiger charge is 2.32. The quantitative estimate of drug-likeness (QED) is 0.655. The van der Waals surface area contributed by atoms with Gasteiger partial charge in [0.25, 0.3) is 0 Å². The molecule has 0 aromatic rings. The average Bonchev–Trinajstić information content (AvgIpc) is 3.07. The van der Waals surface area contributed by atoms with Gasteiger partial charge in [0.2, 0.25) is 0 Å². The first kappa shape index (κ1) is 13.5. The van der Waals surface area contributed by atoms with Gasteiger partial charge in [-0.1, -0.05) is 6.92 Å². The van der Waals surface area contributed by atoms with Crippen molar-refractivity contribution < 1.29 is 9.90 Å². The number of nitrogens with one attached hydrogen (secondary N) is 1. The van der Waals surface area contributed by atoms with Gasteiger partial charge in [0.1, 0.15) is 5.54 Å². The number of rotatable bonds is 8. The van der Waals surface area contributed by atoms with Gasteiger partial charge in [-0.3, -0.25) is 4.79 Å². The topological polar surface area (TPSA) is 52.6 Å². The summed E-state index contributed by atoms with van der Waals surface area (Å²) in [6.07, 6.45) is 3.34. The number of nitrogens with zero attached hydrogens (tertiary/aromatic N) is 1. The van der Waals surface area contributed by atoms with E-state index in [4.69, 9.17) is 5.11 Å². The predicted molar refractivity (Wildman–Crippen MR) is 64.6 cm³/mol. The second-order valence-corrected chi connectivity index (χ2v) is 4.97. The van der Waals surface area contributed by atoms with Crippen LogP contribution < -0.4 is 5.32 Å². The molecule has 94 valence electrons. The highest BCUT2D eigenvalue weighted by atomic mass is 16.4. The Morgan fingerprint density at radius 1 is 1.56 bits per heavy atom. The molecule has 2 N–H and O–H groups in total. The van der Waals surface area contributed by atoms with Gasteiger partial charge in [0.05, 0.1) is 0 Å². The Bertz CT molecular complexity index is 241. The lowest BCUT2D eigenvalue weighted by Gasteiger charge is -2.28. The molecule has 1 aliphatic carbocycles. The zero-order valence-corrected chi connectivity index (χ0v) is 10.6. The minimum absolute atomic E-state index is 0.652. The molecule has 0 aromatic carbocycles. The molecule has 1 fully saturated rings. The van der Waals surface area contributed by atoms with Gasteiger partial charge in [-0.2, -0.15) is 0 Å². The SMILES string of the molecule is CCN(CCC(C)(NC)C(=O)O)CC1CC1. The molecular formula is C12H24N2O2. The zero-order chi connectivity index (χ0) is 12.2. The fourth-order valence-corrected chi connectivity index (χ4v) is 1.76. The molecule has 1 unspecified atom stereocenters. The summed E-state index contributed by atoms with van der Waals surface area (Å²) in [5.74, 6) is 0.100. The van der Waals surface area contributed by atoms with E-state index in [0.29, 0.717) is 6.42 Å². The second kappa shape index (κ2) is 5.64. The van der Waals surface area contributed by atoms with E-state index in [1.165, 1.54) is 12.8 Å². The minimum atomic E-state index is -0.795. The Hall–Kier alpha value is -0.610. The first-order valence-electron chi connectivity index (χ1n) is 6.16. The van der Waals surface area contributed by atoms with Crippen LogP contribution in [0, 0.1) is 5.92 Å². The van der Waals surface area contributed by atoms with Crippen LogP contribution in [0.2, 0.25) is 0 Å². The van der Waals surface area contributed by atoms with Gasteiger partial charge in [-0.25, -0.2) is 0 Å². The van der Waals surface area contributed by atoms with Crippen molar-refractivity contribution in [2.24, 2.45) is 5.92 Å². The number of likely N-dealkylation sites (N-methyl/N-ethyl adjacent to an activating group) is 1. The number of carboxylic acid groups (broad SMARTS) is 1. The van der Waals surface area contributed by atoms with Gasteiger partial charge in [-0.15, -0.1) is 0 Å². The van der Waals surface area contributed by atoms with E-state index in [2.05, 4.69) is 17.1 Å². The molecule has 0 aromatic heterocycles. The lowest BCUT2D eigenvalue weighted by atomic mass is 9.98. The van der Waals surface area contributed by atoms with Gasteiger partial charge in [-0.05, 0) is 45.7 Å². The van der Waals surface area contributed by atoms with Crippen LogP contribution in [0.25, 0.3) is 0 Å². The Morgan fingerprint density at radius 2 is 2.19 bits per heavy atom. The first-order valence-corrected chi connectivity index (χ1v) is 6.16. The van der Waals surface area contributed by atoms with E-state index in [1.54, 1.807) is 14.0 Å². The molecule has 1 atom stereocenters. The van der Waals surface area contributed by atoms with E-state index < -0.39 is 11.5 Å².